The van der Waals surface area contributed by atoms with Crippen LogP contribution in [0.4, 0.5) is 18.9 Å². The number of carbonyl (C=O) groups excluding carboxylic acids is 2. The fourth-order valence-electron chi connectivity index (χ4n) is 6.50. The molecule has 51 heavy (non-hydrogen) atoms. The molecule has 3 aromatic heterocycles. The zero-order valence-corrected chi connectivity index (χ0v) is 29.4. The van der Waals surface area contributed by atoms with E-state index in [2.05, 4.69) is 20.4 Å². The van der Waals surface area contributed by atoms with Gasteiger partial charge in [-0.3, -0.25) is 14.4 Å². The molecule has 2 amide bonds. The molecule has 0 bridgehead atoms. The summed E-state index contributed by atoms with van der Waals surface area (Å²) in [4.78, 5) is 51.1. The highest BCUT2D eigenvalue weighted by atomic mass is 35.5. The summed E-state index contributed by atoms with van der Waals surface area (Å²) in [7, 11) is 0. The van der Waals surface area contributed by atoms with Crippen molar-refractivity contribution in [2.45, 2.75) is 71.5 Å². The fraction of sp³-hybridized carbons (Fsp3) is 0.429. The summed E-state index contributed by atoms with van der Waals surface area (Å²) in [6.45, 7) is 8.84. The van der Waals surface area contributed by atoms with E-state index >= 15 is 0 Å². The molecule has 2 unspecified atom stereocenters. The van der Waals surface area contributed by atoms with Crippen molar-refractivity contribution in [3.8, 4) is 5.75 Å². The minimum atomic E-state index is -4.60. The van der Waals surface area contributed by atoms with E-state index in [1.807, 2.05) is 33.8 Å². The Morgan fingerprint density at radius 3 is 2.63 bits per heavy atom. The highest BCUT2D eigenvalue weighted by Gasteiger charge is 2.37. The summed E-state index contributed by atoms with van der Waals surface area (Å²) < 4.78 is 47.8. The second-order valence-corrected chi connectivity index (χ2v) is 12.4. The summed E-state index contributed by atoms with van der Waals surface area (Å²) in [6, 6.07) is 5.57. The van der Waals surface area contributed by atoms with Gasteiger partial charge >= 0.3 is 6.18 Å². The lowest BCUT2D eigenvalue weighted by Gasteiger charge is -2.23. The van der Waals surface area contributed by atoms with Gasteiger partial charge in [0.05, 0.1) is 29.5 Å². The Morgan fingerprint density at radius 1 is 1.22 bits per heavy atom. The number of amides is 2. The van der Waals surface area contributed by atoms with Gasteiger partial charge in [-0.05, 0) is 73.9 Å². The number of hydrogen-bond acceptors (Lipinski definition) is 8. The standard InChI is InChI=1S/C33H33ClF3N7O5.C2H6/c1-3-42(31(48)27-24(45)5-4-11-38-27)12-8-20-15-18(2)28-26(20)30(47)44-32(40-29(41-44)19-9-13-49-14-10-19)43(28)17-25(46)39-23-7-6-21(16-22(23)34)33(35,36)37;1-2/h4-7,9,11,16,18,20,45H,3,8,10,12-15,17H2,1-2H3,(H,39,46);1-2H3. The van der Waals surface area contributed by atoms with Crippen molar-refractivity contribution in [2.75, 3.05) is 31.6 Å². The third kappa shape index (κ3) is 7.78. The van der Waals surface area contributed by atoms with E-state index in [0.29, 0.717) is 56.1 Å². The van der Waals surface area contributed by atoms with Gasteiger partial charge in [-0.25, -0.2) is 4.98 Å². The highest BCUT2D eigenvalue weighted by molar-refractivity contribution is 6.33. The zero-order valence-electron chi connectivity index (χ0n) is 28.6. The first-order valence-electron chi connectivity index (χ1n) is 16.8. The number of fused-ring (bicyclic) bond motifs is 2. The monoisotopic (exact) mass is 729 g/mol. The van der Waals surface area contributed by atoms with E-state index in [1.165, 1.54) is 22.8 Å². The van der Waals surface area contributed by atoms with Crippen LogP contribution in [0.15, 0.2) is 47.4 Å². The molecule has 12 nitrogen and oxygen atoms in total. The minimum Gasteiger partial charge on any atom is -0.505 e. The third-order valence-electron chi connectivity index (χ3n) is 8.86. The van der Waals surface area contributed by atoms with Gasteiger partial charge in [0, 0.05) is 30.5 Å². The number of carbonyl (C=O) groups is 2. The van der Waals surface area contributed by atoms with Crippen molar-refractivity contribution in [3.05, 3.63) is 86.3 Å². The lowest BCUT2D eigenvalue weighted by Crippen LogP contribution is -2.34. The third-order valence-corrected chi connectivity index (χ3v) is 9.17. The summed E-state index contributed by atoms with van der Waals surface area (Å²) in [6.07, 6.45) is 0.134. The largest absolute Gasteiger partial charge is 0.505 e. The molecular formula is C35H39ClF3N7O5. The average Bonchev–Trinajstić information content (AvgIpc) is 3.71. The molecule has 1 aromatic carbocycles. The fourth-order valence-corrected chi connectivity index (χ4v) is 6.73. The number of aromatic hydroxyl groups is 1. The molecule has 2 atom stereocenters. The van der Waals surface area contributed by atoms with Crippen molar-refractivity contribution in [1.29, 1.82) is 0 Å². The molecule has 1 aliphatic carbocycles. The molecule has 0 saturated heterocycles. The van der Waals surface area contributed by atoms with Crippen molar-refractivity contribution >= 4 is 40.5 Å². The maximum Gasteiger partial charge on any atom is 0.416 e. The van der Waals surface area contributed by atoms with Gasteiger partial charge in [0.2, 0.25) is 11.7 Å². The van der Waals surface area contributed by atoms with Gasteiger partial charge in [-0.15, -0.1) is 5.10 Å². The average molecular weight is 730 g/mol. The number of halogens is 4. The van der Waals surface area contributed by atoms with Crippen LogP contribution in [0.2, 0.25) is 5.02 Å². The minimum absolute atomic E-state index is 0.00270. The van der Waals surface area contributed by atoms with Crippen LogP contribution < -0.4 is 10.9 Å². The van der Waals surface area contributed by atoms with Crippen molar-refractivity contribution in [1.82, 2.24) is 29.0 Å². The Bertz CT molecular complexity index is 2030. The van der Waals surface area contributed by atoms with Crippen LogP contribution in [-0.4, -0.2) is 72.3 Å². The smallest absolute Gasteiger partial charge is 0.416 e. The molecule has 4 heterocycles. The lowest BCUT2D eigenvalue weighted by atomic mass is 9.98. The van der Waals surface area contributed by atoms with E-state index in [-0.39, 0.29) is 58.4 Å². The number of pyridine rings is 1. The molecule has 4 aromatic rings. The van der Waals surface area contributed by atoms with Crippen LogP contribution >= 0.6 is 11.6 Å². The molecular weight excluding hydrogens is 691 g/mol. The second-order valence-electron chi connectivity index (χ2n) is 12.0. The topological polar surface area (TPSA) is 144 Å². The van der Waals surface area contributed by atoms with E-state index in [0.717, 1.165) is 23.8 Å². The lowest BCUT2D eigenvalue weighted by molar-refractivity contribution is -0.137. The van der Waals surface area contributed by atoms with Crippen LogP contribution in [0, 0.1) is 0 Å². The van der Waals surface area contributed by atoms with Gasteiger partial charge < -0.3 is 24.6 Å². The summed E-state index contributed by atoms with van der Waals surface area (Å²) >= 11 is 6.11. The molecule has 0 radical (unpaired) electrons. The van der Waals surface area contributed by atoms with Crippen LogP contribution in [0.5, 0.6) is 5.75 Å². The molecule has 272 valence electrons. The van der Waals surface area contributed by atoms with Gasteiger partial charge in [0.25, 0.3) is 11.5 Å². The summed E-state index contributed by atoms with van der Waals surface area (Å²) in [5.74, 6) is -1.31. The number of anilines is 1. The second kappa shape index (κ2) is 15.6. The Balaban J connectivity index is 0.00000248. The predicted octanol–water partition coefficient (Wildman–Crippen LogP) is 6.28. The van der Waals surface area contributed by atoms with E-state index in [9.17, 15) is 32.7 Å². The van der Waals surface area contributed by atoms with Gasteiger partial charge in [0.1, 0.15) is 12.3 Å². The molecule has 6 rings (SSSR count). The zero-order chi connectivity index (χ0) is 37.0. The molecule has 2 aliphatic rings. The maximum absolute atomic E-state index is 14.1. The molecule has 1 aliphatic heterocycles. The van der Waals surface area contributed by atoms with Gasteiger partial charge in [0.15, 0.2) is 11.5 Å². The Kier molecular flexibility index (Phi) is 11.5. The first kappa shape index (κ1) is 37.5. The van der Waals surface area contributed by atoms with Crippen molar-refractivity contribution in [3.63, 3.8) is 0 Å². The molecule has 0 saturated carbocycles. The molecule has 0 fully saturated rings. The molecule has 2 N–H and O–H groups in total. The van der Waals surface area contributed by atoms with Crippen LogP contribution in [0.25, 0.3) is 11.4 Å². The normalized spacial score (nSPS) is 17.0. The first-order chi connectivity index (χ1) is 24.4. The quantitative estimate of drug-likeness (QED) is 0.205. The van der Waals surface area contributed by atoms with E-state index in [1.54, 1.807) is 9.47 Å². The summed E-state index contributed by atoms with van der Waals surface area (Å²) in [5, 5.41) is 17.1. The number of benzene rings is 1. The molecule has 0 spiro atoms. The number of alkyl halides is 3. The van der Waals surface area contributed by atoms with Gasteiger partial charge in [-0.2, -0.15) is 22.7 Å². The maximum atomic E-state index is 14.1. The number of aromatic nitrogens is 5. The highest BCUT2D eigenvalue weighted by Crippen LogP contribution is 2.42. The number of hydrogen-bond donors (Lipinski definition) is 2. The first-order valence-corrected chi connectivity index (χ1v) is 17.2. The van der Waals surface area contributed by atoms with Crippen LogP contribution in [0.3, 0.4) is 0 Å². The molecule has 16 heteroatoms. The Morgan fingerprint density at radius 2 is 1.98 bits per heavy atom. The summed E-state index contributed by atoms with van der Waals surface area (Å²) in [5.41, 5.74) is 0.428. The van der Waals surface area contributed by atoms with Gasteiger partial charge in [-0.1, -0.05) is 38.4 Å². The predicted molar refractivity (Wildman–Crippen MR) is 185 cm³/mol. The number of nitrogens with zero attached hydrogens (tertiary/aromatic N) is 6. The Hall–Kier alpha value is -4.76. The van der Waals surface area contributed by atoms with Crippen molar-refractivity contribution in [2.24, 2.45) is 0 Å². The SMILES string of the molecule is CC.CCN(CCC1CC(C)c2c1c(=O)n1nc(C3=CCOCC3)nc1n2CC(=O)Nc1ccc(C(F)(F)F)cc1Cl)C(=O)c1ncccc1O. The number of nitrogens with one attached hydrogen (secondary N) is 1. The Labute approximate surface area is 296 Å². The number of ether oxygens (including phenoxy) is 1. The van der Waals surface area contributed by atoms with E-state index in [4.69, 9.17) is 16.3 Å². The van der Waals surface area contributed by atoms with Crippen molar-refractivity contribution < 1.29 is 32.6 Å². The van der Waals surface area contributed by atoms with Crippen LogP contribution in [-0.2, 0) is 22.3 Å². The van der Waals surface area contributed by atoms with Crippen LogP contribution in [0.1, 0.15) is 91.9 Å². The van der Waals surface area contributed by atoms with E-state index < -0.39 is 23.6 Å². The number of rotatable bonds is 9.